The van der Waals surface area contributed by atoms with Gasteiger partial charge in [-0.2, -0.15) is 0 Å². The molecule has 0 saturated heterocycles. The molecule has 27 heavy (non-hydrogen) atoms. The number of aryl methyl sites for hydroxylation is 2. The van der Waals surface area contributed by atoms with Crippen molar-refractivity contribution in [3.8, 4) is 11.1 Å². The molecule has 0 fully saturated rings. The van der Waals surface area contributed by atoms with E-state index in [0.29, 0.717) is 17.7 Å². The zero-order valence-corrected chi connectivity index (χ0v) is 16.4. The SMILES string of the molecule is CSc1cc(C(=O)NCc2ccc(C)nc2)cc(-c2ccc(C)c(F)c2)c1. The molecule has 1 amide bonds. The summed E-state index contributed by atoms with van der Waals surface area (Å²) in [5, 5.41) is 2.92. The van der Waals surface area contributed by atoms with Crippen LogP contribution in [0.1, 0.15) is 27.2 Å². The highest BCUT2D eigenvalue weighted by atomic mass is 32.2. The lowest BCUT2D eigenvalue weighted by Crippen LogP contribution is -2.23. The van der Waals surface area contributed by atoms with Gasteiger partial charge >= 0.3 is 0 Å². The van der Waals surface area contributed by atoms with E-state index in [0.717, 1.165) is 27.3 Å². The number of pyridine rings is 1. The topological polar surface area (TPSA) is 42.0 Å². The van der Waals surface area contributed by atoms with Gasteiger partial charge in [-0.3, -0.25) is 9.78 Å². The van der Waals surface area contributed by atoms with Crippen LogP contribution in [0.2, 0.25) is 0 Å². The third kappa shape index (κ3) is 4.74. The Balaban J connectivity index is 1.84. The van der Waals surface area contributed by atoms with Gasteiger partial charge < -0.3 is 5.32 Å². The first-order chi connectivity index (χ1) is 13.0. The molecular formula is C22H21FN2OS. The molecule has 0 spiro atoms. The maximum Gasteiger partial charge on any atom is 0.251 e. The largest absolute Gasteiger partial charge is 0.348 e. The molecule has 3 nitrogen and oxygen atoms in total. The third-order valence-corrected chi connectivity index (χ3v) is 5.04. The van der Waals surface area contributed by atoms with E-state index in [1.165, 1.54) is 6.07 Å². The Morgan fingerprint density at radius 3 is 2.56 bits per heavy atom. The Morgan fingerprint density at radius 2 is 1.89 bits per heavy atom. The molecule has 0 unspecified atom stereocenters. The number of nitrogens with zero attached hydrogens (tertiary/aromatic N) is 1. The van der Waals surface area contributed by atoms with Gasteiger partial charge in [-0.25, -0.2) is 4.39 Å². The number of carbonyl (C=O) groups excluding carboxylic acids is 1. The van der Waals surface area contributed by atoms with Gasteiger partial charge in [0.2, 0.25) is 0 Å². The Kier molecular flexibility index (Phi) is 5.91. The van der Waals surface area contributed by atoms with E-state index >= 15 is 0 Å². The van der Waals surface area contributed by atoms with Gasteiger partial charge in [0.25, 0.3) is 5.91 Å². The summed E-state index contributed by atoms with van der Waals surface area (Å²) in [6.45, 7) is 4.06. The van der Waals surface area contributed by atoms with Crippen LogP contribution in [0.4, 0.5) is 4.39 Å². The van der Waals surface area contributed by atoms with Crippen LogP contribution in [-0.2, 0) is 6.54 Å². The third-order valence-electron chi connectivity index (χ3n) is 4.34. The quantitative estimate of drug-likeness (QED) is 0.622. The van der Waals surface area contributed by atoms with E-state index in [1.54, 1.807) is 37.0 Å². The van der Waals surface area contributed by atoms with Crippen LogP contribution in [-0.4, -0.2) is 17.1 Å². The van der Waals surface area contributed by atoms with Gasteiger partial charge in [-0.05, 0) is 72.7 Å². The maximum absolute atomic E-state index is 14.0. The predicted molar refractivity (Wildman–Crippen MR) is 108 cm³/mol. The minimum absolute atomic E-state index is 0.166. The molecule has 0 aliphatic rings. The molecule has 0 radical (unpaired) electrons. The van der Waals surface area contributed by atoms with Gasteiger partial charge in [-0.15, -0.1) is 11.8 Å². The van der Waals surface area contributed by atoms with E-state index in [9.17, 15) is 9.18 Å². The first-order valence-corrected chi connectivity index (χ1v) is 9.84. The first-order valence-electron chi connectivity index (χ1n) is 8.61. The molecule has 1 heterocycles. The van der Waals surface area contributed by atoms with Crippen molar-refractivity contribution in [1.29, 1.82) is 0 Å². The molecule has 0 aliphatic heterocycles. The van der Waals surface area contributed by atoms with Crippen molar-refractivity contribution in [2.45, 2.75) is 25.3 Å². The lowest BCUT2D eigenvalue weighted by molar-refractivity contribution is 0.0950. The number of thioether (sulfide) groups is 1. The molecule has 0 atom stereocenters. The Labute approximate surface area is 163 Å². The zero-order chi connectivity index (χ0) is 19.4. The first kappa shape index (κ1) is 19.1. The second-order valence-electron chi connectivity index (χ2n) is 6.40. The lowest BCUT2D eigenvalue weighted by atomic mass is 10.0. The summed E-state index contributed by atoms with van der Waals surface area (Å²) < 4.78 is 14.0. The summed E-state index contributed by atoms with van der Waals surface area (Å²) in [6.07, 6.45) is 3.71. The van der Waals surface area contributed by atoms with E-state index in [4.69, 9.17) is 0 Å². The highest BCUT2D eigenvalue weighted by Crippen LogP contribution is 2.28. The molecule has 3 aromatic rings. The number of nitrogens with one attached hydrogen (secondary N) is 1. The maximum atomic E-state index is 14.0. The molecule has 0 aliphatic carbocycles. The number of benzene rings is 2. The van der Waals surface area contributed by atoms with E-state index in [2.05, 4.69) is 10.3 Å². The molecule has 2 aromatic carbocycles. The Bertz CT molecular complexity index is 971. The van der Waals surface area contributed by atoms with Crippen LogP contribution in [0.5, 0.6) is 0 Å². The fourth-order valence-electron chi connectivity index (χ4n) is 2.67. The average Bonchev–Trinajstić information content (AvgIpc) is 2.69. The van der Waals surface area contributed by atoms with Crippen LogP contribution in [0, 0.1) is 19.7 Å². The second kappa shape index (κ2) is 8.35. The minimum Gasteiger partial charge on any atom is -0.348 e. The molecule has 0 saturated carbocycles. The average molecular weight is 380 g/mol. The molecule has 1 N–H and O–H groups in total. The van der Waals surface area contributed by atoms with Crippen molar-refractivity contribution in [3.63, 3.8) is 0 Å². The van der Waals surface area contributed by atoms with Crippen molar-refractivity contribution < 1.29 is 9.18 Å². The Morgan fingerprint density at radius 1 is 1.07 bits per heavy atom. The number of rotatable bonds is 5. The van der Waals surface area contributed by atoms with Crippen LogP contribution in [0.3, 0.4) is 0 Å². The Hall–Kier alpha value is -2.66. The normalized spacial score (nSPS) is 10.7. The van der Waals surface area contributed by atoms with Gasteiger partial charge in [0, 0.05) is 28.9 Å². The highest BCUT2D eigenvalue weighted by molar-refractivity contribution is 7.98. The van der Waals surface area contributed by atoms with E-state index < -0.39 is 0 Å². The fraction of sp³-hybridized carbons (Fsp3) is 0.182. The van der Waals surface area contributed by atoms with Crippen molar-refractivity contribution in [2.75, 3.05) is 6.26 Å². The monoisotopic (exact) mass is 380 g/mol. The molecule has 138 valence electrons. The molecule has 5 heteroatoms. The lowest BCUT2D eigenvalue weighted by Gasteiger charge is -2.10. The number of hydrogen-bond donors (Lipinski definition) is 1. The summed E-state index contributed by atoms with van der Waals surface area (Å²) in [4.78, 5) is 17.8. The number of carbonyl (C=O) groups is 1. The minimum atomic E-state index is -0.250. The fourth-order valence-corrected chi connectivity index (χ4v) is 3.16. The van der Waals surface area contributed by atoms with Crippen molar-refractivity contribution in [2.24, 2.45) is 0 Å². The summed E-state index contributed by atoms with van der Waals surface area (Å²) >= 11 is 1.55. The number of halogens is 1. The summed E-state index contributed by atoms with van der Waals surface area (Å²) in [5.74, 6) is -0.416. The highest BCUT2D eigenvalue weighted by Gasteiger charge is 2.11. The number of hydrogen-bond acceptors (Lipinski definition) is 3. The second-order valence-corrected chi connectivity index (χ2v) is 7.28. The van der Waals surface area contributed by atoms with Gasteiger partial charge in [0.15, 0.2) is 0 Å². The van der Waals surface area contributed by atoms with Gasteiger partial charge in [0.1, 0.15) is 5.82 Å². The van der Waals surface area contributed by atoms with Crippen molar-refractivity contribution in [3.05, 3.63) is 82.9 Å². The zero-order valence-electron chi connectivity index (χ0n) is 15.5. The molecule has 3 rings (SSSR count). The molecule has 0 bridgehead atoms. The smallest absolute Gasteiger partial charge is 0.251 e. The van der Waals surface area contributed by atoms with E-state index in [1.807, 2.05) is 43.5 Å². The van der Waals surface area contributed by atoms with Crippen LogP contribution in [0.15, 0.2) is 59.6 Å². The summed E-state index contributed by atoms with van der Waals surface area (Å²) in [6, 6.07) is 14.6. The van der Waals surface area contributed by atoms with Crippen molar-refractivity contribution in [1.82, 2.24) is 10.3 Å². The van der Waals surface area contributed by atoms with E-state index in [-0.39, 0.29) is 11.7 Å². The summed E-state index contributed by atoms with van der Waals surface area (Å²) in [5.41, 5.74) is 4.61. The molecule has 1 aromatic heterocycles. The standard InChI is InChI=1S/C22H21FN2OS/c1-14-4-7-17(11-21(14)23)18-8-19(10-20(9-18)27-3)22(26)25-13-16-6-5-15(2)24-12-16/h4-12H,13H2,1-3H3,(H,25,26). The van der Waals surface area contributed by atoms with Gasteiger partial charge in [-0.1, -0.05) is 18.2 Å². The number of aromatic nitrogens is 1. The van der Waals surface area contributed by atoms with Crippen molar-refractivity contribution >= 4 is 17.7 Å². The van der Waals surface area contributed by atoms with Crippen LogP contribution < -0.4 is 5.32 Å². The van der Waals surface area contributed by atoms with Gasteiger partial charge in [0.05, 0.1) is 0 Å². The van der Waals surface area contributed by atoms with Crippen LogP contribution >= 0.6 is 11.8 Å². The number of amides is 1. The van der Waals surface area contributed by atoms with Crippen LogP contribution in [0.25, 0.3) is 11.1 Å². The predicted octanol–water partition coefficient (Wildman–Crippen LogP) is 5.16. The molecular weight excluding hydrogens is 359 g/mol. The summed E-state index contributed by atoms with van der Waals surface area (Å²) in [7, 11) is 0.